The summed E-state index contributed by atoms with van der Waals surface area (Å²) in [5.41, 5.74) is 2.12. The second-order valence-electron chi connectivity index (χ2n) is 4.78. The fraction of sp³-hybridized carbons (Fsp3) is 0.615. The zero-order valence-corrected chi connectivity index (χ0v) is 10.7. The van der Waals surface area contributed by atoms with Crippen molar-refractivity contribution >= 4 is 17.3 Å². The van der Waals surface area contributed by atoms with E-state index < -0.39 is 0 Å². The number of nitrogens with zero attached hydrogens (tertiary/aromatic N) is 1. The zero-order chi connectivity index (χ0) is 11.5. The summed E-state index contributed by atoms with van der Waals surface area (Å²) in [6.07, 6.45) is 5.31. The number of aryl methyl sites for hydroxylation is 1. The molecule has 0 amide bonds. The average molecular weight is 239 g/mol. The number of hydrogen-bond donors (Lipinski definition) is 1. The van der Waals surface area contributed by atoms with E-state index in [1.165, 1.54) is 25.7 Å². The summed E-state index contributed by atoms with van der Waals surface area (Å²) in [5, 5.41) is 4.17. The van der Waals surface area contributed by atoms with Gasteiger partial charge < -0.3 is 5.32 Å². The van der Waals surface area contributed by atoms with Crippen LogP contribution in [0.3, 0.4) is 0 Å². The molecule has 2 unspecified atom stereocenters. The van der Waals surface area contributed by atoms with Crippen LogP contribution < -0.4 is 5.32 Å². The van der Waals surface area contributed by atoms with Crippen molar-refractivity contribution < 1.29 is 0 Å². The van der Waals surface area contributed by atoms with Crippen molar-refractivity contribution in [1.82, 2.24) is 4.98 Å². The van der Waals surface area contributed by atoms with Crippen molar-refractivity contribution in [3.8, 4) is 0 Å². The van der Waals surface area contributed by atoms with E-state index in [9.17, 15) is 0 Å². The fourth-order valence-corrected chi connectivity index (χ4v) is 2.60. The molecule has 1 aromatic heterocycles. The molecule has 0 radical (unpaired) electrons. The number of pyridine rings is 1. The fourth-order valence-electron chi connectivity index (χ4n) is 2.41. The molecule has 2 rings (SSSR count). The van der Waals surface area contributed by atoms with Gasteiger partial charge in [0, 0.05) is 6.04 Å². The van der Waals surface area contributed by atoms with Gasteiger partial charge in [0.15, 0.2) is 0 Å². The maximum Gasteiger partial charge on any atom is 0.129 e. The molecule has 1 aromatic rings. The lowest BCUT2D eigenvalue weighted by atomic mass is 9.86. The van der Waals surface area contributed by atoms with Crippen LogP contribution in [0.5, 0.6) is 0 Å². The first-order chi connectivity index (χ1) is 7.66. The van der Waals surface area contributed by atoms with Gasteiger partial charge in [0.1, 0.15) is 5.15 Å². The topological polar surface area (TPSA) is 24.9 Å². The summed E-state index contributed by atoms with van der Waals surface area (Å²) in [4.78, 5) is 4.27. The summed E-state index contributed by atoms with van der Waals surface area (Å²) in [7, 11) is 0. The number of anilines is 1. The first-order valence-corrected chi connectivity index (χ1v) is 6.44. The molecule has 1 heterocycles. The highest BCUT2D eigenvalue weighted by Gasteiger charge is 2.21. The van der Waals surface area contributed by atoms with Crippen molar-refractivity contribution in [1.29, 1.82) is 0 Å². The Morgan fingerprint density at radius 1 is 1.31 bits per heavy atom. The van der Waals surface area contributed by atoms with Gasteiger partial charge >= 0.3 is 0 Å². The van der Waals surface area contributed by atoms with Crippen molar-refractivity contribution in [3.05, 3.63) is 23.0 Å². The quantitative estimate of drug-likeness (QED) is 0.787. The van der Waals surface area contributed by atoms with Crippen LogP contribution in [0.4, 0.5) is 5.69 Å². The Balaban J connectivity index is 2.07. The summed E-state index contributed by atoms with van der Waals surface area (Å²) in [6.45, 7) is 4.33. The molecule has 1 aliphatic carbocycles. The van der Waals surface area contributed by atoms with Gasteiger partial charge in [-0.15, -0.1) is 0 Å². The van der Waals surface area contributed by atoms with E-state index in [-0.39, 0.29) is 0 Å². The van der Waals surface area contributed by atoms with Crippen LogP contribution in [0.25, 0.3) is 0 Å². The van der Waals surface area contributed by atoms with Crippen LogP contribution in [-0.4, -0.2) is 11.0 Å². The van der Waals surface area contributed by atoms with Gasteiger partial charge in [-0.2, -0.15) is 0 Å². The normalized spacial score (nSPS) is 25.4. The molecule has 1 fully saturated rings. The minimum absolute atomic E-state index is 0.569. The van der Waals surface area contributed by atoms with Crippen LogP contribution >= 0.6 is 11.6 Å². The molecule has 88 valence electrons. The van der Waals surface area contributed by atoms with Crippen molar-refractivity contribution in [3.63, 3.8) is 0 Å². The highest BCUT2D eigenvalue weighted by atomic mass is 35.5. The number of halogens is 1. The van der Waals surface area contributed by atoms with E-state index in [2.05, 4.69) is 17.2 Å². The van der Waals surface area contributed by atoms with Crippen LogP contribution in [0.2, 0.25) is 5.15 Å². The highest BCUT2D eigenvalue weighted by molar-refractivity contribution is 6.29. The molecule has 0 aliphatic heterocycles. The lowest BCUT2D eigenvalue weighted by Crippen LogP contribution is -2.30. The Labute approximate surface area is 102 Å². The molecule has 0 spiro atoms. The van der Waals surface area contributed by atoms with Crippen molar-refractivity contribution in [2.45, 2.75) is 45.6 Å². The van der Waals surface area contributed by atoms with Crippen LogP contribution in [0.15, 0.2) is 12.1 Å². The number of hydrogen-bond acceptors (Lipinski definition) is 2. The third kappa shape index (κ3) is 2.67. The maximum atomic E-state index is 5.85. The van der Waals surface area contributed by atoms with Gasteiger partial charge in [0.25, 0.3) is 0 Å². The Bertz CT molecular complexity index is 365. The lowest BCUT2D eigenvalue weighted by Gasteiger charge is -2.30. The Kier molecular flexibility index (Phi) is 3.70. The SMILES string of the molecule is Cc1nc(Cl)ccc1NC1CCCCC1C. The standard InChI is InChI=1S/C13H19ClN2/c1-9-5-3-4-6-11(9)16-12-7-8-13(14)15-10(12)2/h7-9,11,16H,3-6H2,1-2H3. The highest BCUT2D eigenvalue weighted by Crippen LogP contribution is 2.27. The first kappa shape index (κ1) is 11.7. The molecule has 2 nitrogen and oxygen atoms in total. The molecule has 1 N–H and O–H groups in total. The summed E-state index contributed by atoms with van der Waals surface area (Å²) < 4.78 is 0. The van der Waals surface area contributed by atoms with Gasteiger partial charge in [0.2, 0.25) is 0 Å². The number of aromatic nitrogens is 1. The summed E-state index contributed by atoms with van der Waals surface area (Å²) in [6, 6.07) is 4.48. The molecule has 0 aromatic carbocycles. The largest absolute Gasteiger partial charge is 0.381 e. The van der Waals surface area contributed by atoms with E-state index in [4.69, 9.17) is 11.6 Å². The molecule has 2 atom stereocenters. The lowest BCUT2D eigenvalue weighted by molar-refractivity contribution is 0.349. The van der Waals surface area contributed by atoms with Gasteiger partial charge in [-0.05, 0) is 37.8 Å². The average Bonchev–Trinajstić information content (AvgIpc) is 2.25. The zero-order valence-electron chi connectivity index (χ0n) is 9.96. The summed E-state index contributed by atoms with van der Waals surface area (Å²) >= 11 is 5.85. The van der Waals surface area contributed by atoms with E-state index in [0.29, 0.717) is 11.2 Å². The van der Waals surface area contributed by atoms with Gasteiger partial charge in [0.05, 0.1) is 11.4 Å². The monoisotopic (exact) mass is 238 g/mol. The molecule has 0 bridgehead atoms. The minimum atomic E-state index is 0.569. The summed E-state index contributed by atoms with van der Waals surface area (Å²) in [5.74, 6) is 0.754. The van der Waals surface area contributed by atoms with E-state index in [0.717, 1.165) is 17.3 Å². The van der Waals surface area contributed by atoms with Crippen LogP contribution in [-0.2, 0) is 0 Å². The van der Waals surface area contributed by atoms with Gasteiger partial charge in [-0.3, -0.25) is 0 Å². The minimum Gasteiger partial charge on any atom is -0.381 e. The van der Waals surface area contributed by atoms with Crippen LogP contribution in [0.1, 0.15) is 38.3 Å². The maximum absolute atomic E-state index is 5.85. The molecular formula is C13H19ClN2. The molecular weight excluding hydrogens is 220 g/mol. The van der Waals surface area contributed by atoms with Crippen molar-refractivity contribution in [2.24, 2.45) is 5.92 Å². The van der Waals surface area contributed by atoms with Crippen LogP contribution in [0, 0.1) is 12.8 Å². The first-order valence-electron chi connectivity index (χ1n) is 6.06. The molecule has 0 saturated heterocycles. The van der Waals surface area contributed by atoms with Gasteiger partial charge in [-0.25, -0.2) is 4.98 Å². The van der Waals surface area contributed by atoms with E-state index in [1.807, 2.05) is 19.1 Å². The smallest absolute Gasteiger partial charge is 0.129 e. The second-order valence-corrected chi connectivity index (χ2v) is 5.17. The van der Waals surface area contributed by atoms with Crippen molar-refractivity contribution in [2.75, 3.05) is 5.32 Å². The number of rotatable bonds is 2. The molecule has 16 heavy (non-hydrogen) atoms. The Morgan fingerprint density at radius 2 is 2.06 bits per heavy atom. The predicted molar refractivity (Wildman–Crippen MR) is 69.0 cm³/mol. The third-order valence-corrected chi connectivity index (χ3v) is 3.71. The second kappa shape index (κ2) is 5.05. The Morgan fingerprint density at radius 3 is 2.75 bits per heavy atom. The van der Waals surface area contributed by atoms with E-state index in [1.54, 1.807) is 0 Å². The number of nitrogens with one attached hydrogen (secondary N) is 1. The molecule has 1 aliphatic rings. The third-order valence-electron chi connectivity index (χ3n) is 3.50. The molecule has 1 saturated carbocycles. The predicted octanol–water partition coefficient (Wildman–Crippen LogP) is 4.03. The molecule has 3 heteroatoms. The van der Waals surface area contributed by atoms with Gasteiger partial charge in [-0.1, -0.05) is 31.4 Å². The van der Waals surface area contributed by atoms with E-state index >= 15 is 0 Å². The Hall–Kier alpha value is -0.760.